The van der Waals surface area contributed by atoms with Crippen molar-refractivity contribution in [3.63, 3.8) is 0 Å². The highest BCUT2D eigenvalue weighted by Gasteiger charge is 2.16. The summed E-state index contributed by atoms with van der Waals surface area (Å²) in [5, 5.41) is 5.84. The quantitative estimate of drug-likeness (QED) is 0.842. The van der Waals surface area contributed by atoms with Gasteiger partial charge in [0.2, 0.25) is 0 Å². The molecule has 1 saturated carbocycles. The molecule has 0 spiro atoms. The van der Waals surface area contributed by atoms with E-state index in [4.69, 9.17) is 0 Å². The van der Waals surface area contributed by atoms with Crippen LogP contribution in [-0.2, 0) is 6.54 Å². The smallest absolute Gasteiger partial charge is 0.0300 e. The summed E-state index contributed by atoms with van der Waals surface area (Å²) in [7, 11) is 0. The van der Waals surface area contributed by atoms with E-state index in [0.717, 1.165) is 12.5 Å². The van der Waals surface area contributed by atoms with Gasteiger partial charge in [0.1, 0.15) is 0 Å². The summed E-state index contributed by atoms with van der Waals surface area (Å²) in [5.74, 6) is 0.943. The molecule has 2 aromatic rings. The van der Waals surface area contributed by atoms with Crippen LogP contribution in [0.15, 0.2) is 41.8 Å². The average molecular weight is 257 g/mol. The van der Waals surface area contributed by atoms with E-state index in [-0.39, 0.29) is 0 Å². The van der Waals surface area contributed by atoms with E-state index in [2.05, 4.69) is 47.1 Å². The first-order chi connectivity index (χ1) is 8.92. The molecule has 94 valence electrons. The minimum absolute atomic E-state index is 0.943. The third kappa shape index (κ3) is 2.82. The maximum atomic E-state index is 3.58. The molecule has 0 unspecified atom stereocenters. The van der Waals surface area contributed by atoms with E-state index in [1.54, 1.807) is 0 Å². The summed E-state index contributed by atoms with van der Waals surface area (Å²) in [6.45, 7) is 2.21. The highest BCUT2D eigenvalue weighted by molar-refractivity contribution is 7.10. The number of rotatable bonds is 5. The molecule has 0 aliphatic heterocycles. The van der Waals surface area contributed by atoms with Crippen LogP contribution in [-0.4, -0.2) is 6.54 Å². The summed E-state index contributed by atoms with van der Waals surface area (Å²) >= 11 is 1.86. The second-order valence-electron chi connectivity index (χ2n) is 5.10. The first-order valence-electron chi connectivity index (χ1n) is 6.75. The topological polar surface area (TPSA) is 12.0 Å². The SMILES string of the molecule is c1ccc(-c2csc(CNCC3CCC3)c2)cc1. The van der Waals surface area contributed by atoms with Gasteiger partial charge in [-0.15, -0.1) is 11.3 Å². The molecule has 0 bridgehead atoms. The van der Waals surface area contributed by atoms with Gasteiger partial charge in [-0.05, 0) is 47.9 Å². The molecule has 2 heteroatoms. The lowest BCUT2D eigenvalue weighted by atomic mass is 9.85. The van der Waals surface area contributed by atoms with Crippen molar-refractivity contribution in [1.82, 2.24) is 5.32 Å². The van der Waals surface area contributed by atoms with Crippen molar-refractivity contribution < 1.29 is 0 Å². The van der Waals surface area contributed by atoms with E-state index in [1.807, 2.05) is 11.3 Å². The molecule has 1 aliphatic carbocycles. The normalized spacial score (nSPS) is 15.6. The maximum absolute atomic E-state index is 3.58. The van der Waals surface area contributed by atoms with Gasteiger partial charge in [-0.1, -0.05) is 36.8 Å². The number of benzene rings is 1. The summed E-state index contributed by atoms with van der Waals surface area (Å²) in [6, 6.07) is 12.9. The van der Waals surface area contributed by atoms with Crippen molar-refractivity contribution in [3.05, 3.63) is 46.7 Å². The molecule has 1 fully saturated rings. The van der Waals surface area contributed by atoms with Gasteiger partial charge in [-0.25, -0.2) is 0 Å². The highest BCUT2D eigenvalue weighted by Crippen LogP contribution is 2.27. The van der Waals surface area contributed by atoms with Gasteiger partial charge in [-0.3, -0.25) is 0 Å². The molecular weight excluding hydrogens is 238 g/mol. The summed E-state index contributed by atoms with van der Waals surface area (Å²) in [5.41, 5.74) is 2.67. The second kappa shape index (κ2) is 5.68. The third-order valence-electron chi connectivity index (χ3n) is 3.72. The first kappa shape index (κ1) is 11.9. The second-order valence-corrected chi connectivity index (χ2v) is 6.09. The minimum Gasteiger partial charge on any atom is -0.312 e. The molecule has 1 aromatic heterocycles. The van der Waals surface area contributed by atoms with E-state index in [9.17, 15) is 0 Å². The lowest BCUT2D eigenvalue weighted by Crippen LogP contribution is -2.26. The van der Waals surface area contributed by atoms with Gasteiger partial charge < -0.3 is 5.32 Å². The van der Waals surface area contributed by atoms with Crippen LogP contribution in [0.2, 0.25) is 0 Å². The minimum atomic E-state index is 0.943. The third-order valence-corrected chi connectivity index (χ3v) is 4.65. The fourth-order valence-corrected chi connectivity index (χ4v) is 3.21. The molecule has 1 aliphatic rings. The Balaban J connectivity index is 1.56. The molecular formula is C16H19NS. The van der Waals surface area contributed by atoms with Crippen molar-refractivity contribution >= 4 is 11.3 Å². The van der Waals surface area contributed by atoms with Crippen molar-refractivity contribution in [2.24, 2.45) is 5.92 Å². The molecule has 3 rings (SSSR count). The van der Waals surface area contributed by atoms with Crippen LogP contribution in [0.5, 0.6) is 0 Å². The highest BCUT2D eigenvalue weighted by atomic mass is 32.1. The Bertz CT molecular complexity index is 485. The molecule has 0 atom stereocenters. The van der Waals surface area contributed by atoms with Crippen LogP contribution < -0.4 is 5.32 Å². The molecule has 1 nitrogen and oxygen atoms in total. The Labute approximate surface area is 113 Å². The molecule has 0 radical (unpaired) electrons. The summed E-state index contributed by atoms with van der Waals surface area (Å²) in [4.78, 5) is 1.44. The lowest BCUT2D eigenvalue weighted by Gasteiger charge is -2.25. The molecule has 0 amide bonds. The van der Waals surface area contributed by atoms with Gasteiger partial charge in [0.15, 0.2) is 0 Å². The molecule has 1 heterocycles. The molecule has 1 N–H and O–H groups in total. The van der Waals surface area contributed by atoms with Gasteiger partial charge in [0.05, 0.1) is 0 Å². The van der Waals surface area contributed by atoms with E-state index in [0.29, 0.717) is 0 Å². The van der Waals surface area contributed by atoms with Crippen LogP contribution in [0.25, 0.3) is 11.1 Å². The molecule has 0 saturated heterocycles. The van der Waals surface area contributed by atoms with E-state index in [1.165, 1.54) is 41.8 Å². The fourth-order valence-electron chi connectivity index (χ4n) is 2.35. The Morgan fingerprint density at radius 3 is 2.67 bits per heavy atom. The van der Waals surface area contributed by atoms with Crippen molar-refractivity contribution in [3.8, 4) is 11.1 Å². The fraction of sp³-hybridized carbons (Fsp3) is 0.375. The van der Waals surface area contributed by atoms with Gasteiger partial charge in [0.25, 0.3) is 0 Å². The van der Waals surface area contributed by atoms with Crippen LogP contribution in [0.3, 0.4) is 0 Å². The monoisotopic (exact) mass is 257 g/mol. The zero-order valence-corrected chi connectivity index (χ0v) is 11.4. The lowest BCUT2D eigenvalue weighted by molar-refractivity contribution is 0.301. The van der Waals surface area contributed by atoms with Crippen LogP contribution in [0, 0.1) is 5.92 Å². The average Bonchev–Trinajstić information content (AvgIpc) is 2.82. The van der Waals surface area contributed by atoms with Gasteiger partial charge in [-0.2, -0.15) is 0 Å². The number of thiophene rings is 1. The van der Waals surface area contributed by atoms with Crippen LogP contribution in [0.4, 0.5) is 0 Å². The Morgan fingerprint density at radius 2 is 1.94 bits per heavy atom. The standard InChI is InChI=1S/C16H19NS/c1-2-7-14(8-3-1)15-9-16(18-12-15)11-17-10-13-5-4-6-13/h1-3,7-9,12-13,17H,4-6,10-11H2. The molecule has 18 heavy (non-hydrogen) atoms. The van der Waals surface area contributed by atoms with Gasteiger partial charge >= 0.3 is 0 Å². The number of hydrogen-bond acceptors (Lipinski definition) is 2. The predicted molar refractivity (Wildman–Crippen MR) is 78.8 cm³/mol. The zero-order valence-electron chi connectivity index (χ0n) is 10.6. The van der Waals surface area contributed by atoms with Crippen molar-refractivity contribution in [2.45, 2.75) is 25.8 Å². The van der Waals surface area contributed by atoms with Crippen molar-refractivity contribution in [1.29, 1.82) is 0 Å². The molecule has 1 aromatic carbocycles. The first-order valence-corrected chi connectivity index (χ1v) is 7.63. The predicted octanol–water partition coefficient (Wildman–Crippen LogP) is 4.30. The number of hydrogen-bond donors (Lipinski definition) is 1. The van der Waals surface area contributed by atoms with Gasteiger partial charge in [0, 0.05) is 11.4 Å². The maximum Gasteiger partial charge on any atom is 0.0300 e. The van der Waals surface area contributed by atoms with Crippen LogP contribution in [0.1, 0.15) is 24.1 Å². The summed E-state index contributed by atoms with van der Waals surface area (Å²) in [6.07, 6.45) is 4.28. The summed E-state index contributed by atoms with van der Waals surface area (Å²) < 4.78 is 0. The van der Waals surface area contributed by atoms with Crippen LogP contribution >= 0.6 is 11.3 Å². The zero-order chi connectivity index (χ0) is 12.2. The Kier molecular flexibility index (Phi) is 3.77. The largest absolute Gasteiger partial charge is 0.312 e. The number of nitrogens with one attached hydrogen (secondary N) is 1. The van der Waals surface area contributed by atoms with Crippen molar-refractivity contribution in [2.75, 3.05) is 6.54 Å². The Morgan fingerprint density at radius 1 is 1.11 bits per heavy atom. The van der Waals surface area contributed by atoms with E-state index >= 15 is 0 Å². The van der Waals surface area contributed by atoms with E-state index < -0.39 is 0 Å². The Hall–Kier alpha value is -1.12.